The molecule has 1 saturated heterocycles. The van der Waals surface area contributed by atoms with Gasteiger partial charge in [0.25, 0.3) is 0 Å². The molecule has 0 spiro atoms. The highest BCUT2D eigenvalue weighted by Crippen LogP contribution is 2.31. The van der Waals surface area contributed by atoms with Gasteiger partial charge in [-0.25, -0.2) is 8.42 Å². The summed E-state index contributed by atoms with van der Waals surface area (Å²) in [7, 11) is -3.01. The summed E-state index contributed by atoms with van der Waals surface area (Å²) in [5.41, 5.74) is -0.596. The molecule has 1 aliphatic rings. The topological polar surface area (TPSA) is 88.0 Å². The number of aliphatic hydroxyl groups excluding tert-OH is 1. The van der Waals surface area contributed by atoms with Crippen molar-refractivity contribution in [2.45, 2.75) is 25.5 Å². The van der Waals surface area contributed by atoms with Gasteiger partial charge in [-0.15, -0.1) is 0 Å². The number of hydrogen-bond donors (Lipinski definition) is 2. The van der Waals surface area contributed by atoms with Crippen LogP contribution in [0, 0.1) is 4.77 Å². The van der Waals surface area contributed by atoms with E-state index in [1.54, 1.807) is 4.57 Å². The van der Waals surface area contributed by atoms with Crippen molar-refractivity contribution in [1.82, 2.24) is 14.8 Å². The Bertz CT molecular complexity index is 559. The molecule has 2 heterocycles. The summed E-state index contributed by atoms with van der Waals surface area (Å²) in [6.45, 7) is 1.56. The molecule has 1 atom stereocenters. The van der Waals surface area contributed by atoms with Crippen molar-refractivity contribution in [3.05, 3.63) is 10.6 Å². The van der Waals surface area contributed by atoms with Crippen molar-refractivity contribution in [2.75, 3.05) is 11.5 Å². The Kier molecular flexibility index (Phi) is 2.67. The summed E-state index contributed by atoms with van der Waals surface area (Å²) in [5, 5.41) is 15.6. The maximum Gasteiger partial charge on any atom is 0.195 e. The zero-order valence-electron chi connectivity index (χ0n) is 8.80. The fourth-order valence-electron chi connectivity index (χ4n) is 2.16. The van der Waals surface area contributed by atoms with E-state index in [0.29, 0.717) is 17.0 Å². The SMILES string of the molecule is CC1(n2c(CO)n[nH]c2=S)CCS(=O)(=O)C1. The molecule has 0 amide bonds. The van der Waals surface area contributed by atoms with Crippen molar-refractivity contribution < 1.29 is 13.5 Å². The molecule has 0 aliphatic carbocycles. The van der Waals surface area contributed by atoms with E-state index in [9.17, 15) is 8.42 Å². The lowest BCUT2D eigenvalue weighted by atomic mass is 10.0. The first kappa shape index (κ1) is 11.7. The fourth-order valence-corrected chi connectivity index (χ4v) is 4.65. The molecule has 0 saturated carbocycles. The number of sulfone groups is 1. The second kappa shape index (κ2) is 3.64. The Morgan fingerprint density at radius 2 is 2.38 bits per heavy atom. The van der Waals surface area contributed by atoms with Crippen molar-refractivity contribution in [2.24, 2.45) is 0 Å². The number of aromatic amines is 1. The van der Waals surface area contributed by atoms with Crippen LogP contribution in [0.2, 0.25) is 0 Å². The Labute approximate surface area is 98.2 Å². The van der Waals surface area contributed by atoms with E-state index in [-0.39, 0.29) is 18.1 Å². The molecule has 1 fully saturated rings. The third-order valence-corrected chi connectivity index (χ3v) is 5.07. The summed E-state index contributed by atoms with van der Waals surface area (Å²) < 4.78 is 25.0. The first-order valence-corrected chi connectivity index (χ1v) is 7.09. The van der Waals surface area contributed by atoms with Crippen LogP contribution in [-0.2, 0) is 22.0 Å². The highest BCUT2D eigenvalue weighted by Gasteiger charge is 2.41. The Morgan fingerprint density at radius 3 is 2.88 bits per heavy atom. The highest BCUT2D eigenvalue weighted by atomic mass is 32.2. The first-order valence-electron chi connectivity index (χ1n) is 4.86. The van der Waals surface area contributed by atoms with Crippen LogP contribution in [0.5, 0.6) is 0 Å². The predicted octanol–water partition coefficient (Wildman–Crippen LogP) is -0.0333. The van der Waals surface area contributed by atoms with Crippen LogP contribution >= 0.6 is 12.2 Å². The van der Waals surface area contributed by atoms with Gasteiger partial charge < -0.3 is 5.11 Å². The number of rotatable bonds is 2. The van der Waals surface area contributed by atoms with Crippen LogP contribution in [-0.4, -0.2) is 39.8 Å². The zero-order valence-corrected chi connectivity index (χ0v) is 10.4. The fraction of sp³-hybridized carbons (Fsp3) is 0.750. The van der Waals surface area contributed by atoms with E-state index in [1.807, 2.05) is 6.92 Å². The standard InChI is InChI=1S/C8H13N3O3S2/c1-8(2-3-16(13,14)5-8)11-6(4-12)9-10-7(11)15/h12H,2-5H2,1H3,(H,10,15). The molecular weight excluding hydrogens is 250 g/mol. The summed E-state index contributed by atoms with van der Waals surface area (Å²) in [5.74, 6) is 0.576. The van der Waals surface area contributed by atoms with Crippen molar-refractivity contribution >= 4 is 22.1 Å². The van der Waals surface area contributed by atoms with Crippen LogP contribution in [0.4, 0.5) is 0 Å². The molecule has 1 aromatic heterocycles. The van der Waals surface area contributed by atoms with Crippen LogP contribution < -0.4 is 0 Å². The molecule has 2 N–H and O–H groups in total. The number of hydrogen-bond acceptors (Lipinski definition) is 5. The molecule has 90 valence electrons. The second-order valence-electron chi connectivity index (χ2n) is 4.28. The Hall–Kier alpha value is -0.730. The Morgan fingerprint density at radius 1 is 1.69 bits per heavy atom. The maximum absolute atomic E-state index is 11.5. The molecule has 2 rings (SSSR count). The van der Waals surface area contributed by atoms with Crippen LogP contribution in [0.25, 0.3) is 0 Å². The molecule has 16 heavy (non-hydrogen) atoms. The number of aromatic nitrogens is 3. The number of aliphatic hydroxyl groups is 1. The quantitative estimate of drug-likeness (QED) is 0.731. The molecule has 0 radical (unpaired) electrons. The van der Waals surface area contributed by atoms with E-state index in [0.717, 1.165) is 0 Å². The third kappa shape index (κ3) is 1.80. The van der Waals surface area contributed by atoms with Gasteiger partial charge in [0, 0.05) is 0 Å². The lowest BCUT2D eigenvalue weighted by Crippen LogP contribution is -2.33. The largest absolute Gasteiger partial charge is 0.388 e. The molecule has 1 aromatic rings. The first-order chi connectivity index (χ1) is 7.38. The summed E-state index contributed by atoms with van der Waals surface area (Å²) in [4.78, 5) is 0. The van der Waals surface area contributed by atoms with E-state index in [1.165, 1.54) is 0 Å². The van der Waals surface area contributed by atoms with Crippen molar-refractivity contribution in [3.8, 4) is 0 Å². The van der Waals surface area contributed by atoms with E-state index in [2.05, 4.69) is 10.2 Å². The van der Waals surface area contributed by atoms with Gasteiger partial charge in [-0.3, -0.25) is 9.67 Å². The van der Waals surface area contributed by atoms with Crippen LogP contribution in [0.3, 0.4) is 0 Å². The molecule has 0 bridgehead atoms. The smallest absolute Gasteiger partial charge is 0.195 e. The minimum Gasteiger partial charge on any atom is -0.388 e. The van der Waals surface area contributed by atoms with Crippen molar-refractivity contribution in [1.29, 1.82) is 0 Å². The van der Waals surface area contributed by atoms with Gasteiger partial charge in [-0.05, 0) is 25.6 Å². The van der Waals surface area contributed by atoms with Gasteiger partial charge >= 0.3 is 0 Å². The van der Waals surface area contributed by atoms with Gasteiger partial charge in [0.15, 0.2) is 20.4 Å². The Balaban J connectivity index is 2.52. The average Bonchev–Trinajstić information content (AvgIpc) is 2.68. The lowest BCUT2D eigenvalue weighted by molar-refractivity contribution is 0.245. The van der Waals surface area contributed by atoms with E-state index in [4.69, 9.17) is 17.3 Å². The molecule has 8 heteroatoms. The van der Waals surface area contributed by atoms with E-state index < -0.39 is 15.4 Å². The van der Waals surface area contributed by atoms with Gasteiger partial charge in [-0.2, -0.15) is 5.10 Å². The highest BCUT2D eigenvalue weighted by molar-refractivity contribution is 7.91. The van der Waals surface area contributed by atoms with Crippen molar-refractivity contribution in [3.63, 3.8) is 0 Å². The van der Waals surface area contributed by atoms with Gasteiger partial charge in [0.05, 0.1) is 17.0 Å². The number of H-pyrrole nitrogens is 1. The molecule has 0 aromatic carbocycles. The molecular formula is C8H13N3O3S2. The van der Waals surface area contributed by atoms with Gasteiger partial charge in [0.2, 0.25) is 0 Å². The number of nitrogens with zero attached hydrogens (tertiary/aromatic N) is 2. The summed E-state index contributed by atoms with van der Waals surface area (Å²) in [6.07, 6.45) is 0.496. The minimum atomic E-state index is -3.01. The monoisotopic (exact) mass is 263 g/mol. The van der Waals surface area contributed by atoms with E-state index >= 15 is 0 Å². The lowest BCUT2D eigenvalue weighted by Gasteiger charge is -2.25. The van der Waals surface area contributed by atoms with Gasteiger partial charge in [0.1, 0.15) is 6.61 Å². The summed E-state index contributed by atoms with van der Waals surface area (Å²) >= 11 is 5.06. The minimum absolute atomic E-state index is 0.0425. The van der Waals surface area contributed by atoms with Crippen LogP contribution in [0.15, 0.2) is 0 Å². The number of nitrogens with one attached hydrogen (secondary N) is 1. The molecule has 1 aliphatic heterocycles. The summed E-state index contributed by atoms with van der Waals surface area (Å²) in [6, 6.07) is 0. The predicted molar refractivity (Wildman–Crippen MR) is 60.3 cm³/mol. The van der Waals surface area contributed by atoms with Crippen LogP contribution in [0.1, 0.15) is 19.2 Å². The third-order valence-electron chi connectivity index (χ3n) is 2.91. The second-order valence-corrected chi connectivity index (χ2v) is 6.85. The zero-order chi connectivity index (χ0) is 12.0. The van der Waals surface area contributed by atoms with Gasteiger partial charge in [-0.1, -0.05) is 0 Å². The molecule has 6 nitrogen and oxygen atoms in total. The average molecular weight is 263 g/mol. The normalized spacial score (nSPS) is 28.4. The molecule has 1 unspecified atom stereocenters. The maximum atomic E-state index is 11.5.